The van der Waals surface area contributed by atoms with Gasteiger partial charge in [0, 0.05) is 5.92 Å². The third-order valence-corrected chi connectivity index (χ3v) is 4.31. The highest BCUT2D eigenvalue weighted by atomic mass is 19.4. The fourth-order valence-corrected chi connectivity index (χ4v) is 2.83. The minimum Gasteiger partial charge on any atom is -0.503 e. The molecule has 1 aromatic heterocycles. The number of alkyl halides is 3. The van der Waals surface area contributed by atoms with Crippen molar-refractivity contribution in [3.63, 3.8) is 0 Å². The number of rotatable bonds is 7. The van der Waals surface area contributed by atoms with E-state index >= 15 is 0 Å². The number of pyridine rings is 1. The molecule has 0 bridgehead atoms. The number of nitrogens with zero attached hydrogens (tertiary/aromatic N) is 1. The zero-order valence-electron chi connectivity index (χ0n) is 15.9. The molecule has 2 rings (SSSR count). The lowest BCUT2D eigenvalue weighted by atomic mass is 9.96. The van der Waals surface area contributed by atoms with Gasteiger partial charge in [-0.2, -0.15) is 13.2 Å². The molecule has 29 heavy (non-hydrogen) atoms. The van der Waals surface area contributed by atoms with E-state index in [2.05, 4.69) is 0 Å². The molecule has 1 aromatic carbocycles. The number of hydrogen-bond acceptors (Lipinski definition) is 6. The summed E-state index contributed by atoms with van der Waals surface area (Å²) in [5.41, 5.74) is -1.47. The molecule has 7 nitrogen and oxygen atoms in total. The summed E-state index contributed by atoms with van der Waals surface area (Å²) in [6.45, 7) is 0.779. The van der Waals surface area contributed by atoms with Crippen molar-refractivity contribution in [1.29, 1.82) is 0 Å². The highest BCUT2D eigenvalue weighted by molar-refractivity contribution is 6.00. The van der Waals surface area contributed by atoms with Crippen LogP contribution in [-0.2, 0) is 6.54 Å². The third kappa shape index (κ3) is 4.82. The number of ether oxygens (including phenoxy) is 2. The molecule has 0 aliphatic carbocycles. The summed E-state index contributed by atoms with van der Waals surface area (Å²) in [5, 5.41) is 20.5. The molecule has 1 unspecified atom stereocenters. The standard InChI is InChI=1S/C19H20F3NO6/c1-10(8-19(20,21)22)14(24)13-15(25)16(29-3)18(27)23(17(13)26)9-11-4-6-12(28-2)7-5-11/h4-7,10,25,27H,8-9H2,1-3H3. The molecule has 2 N–H and O–H groups in total. The van der Waals surface area contributed by atoms with Gasteiger partial charge in [-0.25, -0.2) is 0 Å². The largest absolute Gasteiger partial charge is 0.503 e. The van der Waals surface area contributed by atoms with E-state index in [1.165, 1.54) is 7.11 Å². The fraction of sp³-hybridized carbons (Fsp3) is 0.368. The van der Waals surface area contributed by atoms with Crippen LogP contribution in [0.4, 0.5) is 13.2 Å². The number of hydrogen-bond donors (Lipinski definition) is 2. The first-order valence-corrected chi connectivity index (χ1v) is 8.46. The van der Waals surface area contributed by atoms with E-state index in [-0.39, 0.29) is 6.54 Å². The number of aromatic hydroxyl groups is 2. The Bertz CT molecular complexity index is 950. The van der Waals surface area contributed by atoms with Crippen molar-refractivity contribution in [2.24, 2.45) is 5.92 Å². The van der Waals surface area contributed by atoms with Crippen LogP contribution in [0.3, 0.4) is 0 Å². The molecule has 0 fully saturated rings. The Hall–Kier alpha value is -3.17. The van der Waals surface area contributed by atoms with Crippen LogP contribution in [0.2, 0.25) is 0 Å². The molecule has 0 aliphatic rings. The number of ketones is 1. The molecule has 10 heteroatoms. The summed E-state index contributed by atoms with van der Waals surface area (Å²) in [4.78, 5) is 25.3. The SMILES string of the molecule is COc1ccc(Cn2c(O)c(OC)c(O)c(C(=O)C(C)CC(F)(F)F)c2=O)cc1. The quantitative estimate of drug-likeness (QED) is 0.675. The van der Waals surface area contributed by atoms with E-state index < -0.39 is 52.8 Å². The van der Waals surface area contributed by atoms with E-state index in [4.69, 9.17) is 9.47 Å². The Labute approximate surface area is 163 Å². The zero-order chi connectivity index (χ0) is 21.9. The maximum Gasteiger partial charge on any atom is 0.389 e. The monoisotopic (exact) mass is 415 g/mol. The van der Waals surface area contributed by atoms with Crippen molar-refractivity contribution < 1.29 is 37.7 Å². The molecule has 158 valence electrons. The lowest BCUT2D eigenvalue weighted by molar-refractivity contribution is -0.140. The second kappa shape index (κ2) is 8.46. The van der Waals surface area contributed by atoms with Crippen molar-refractivity contribution in [1.82, 2.24) is 4.57 Å². The average Bonchev–Trinajstić information content (AvgIpc) is 2.64. The lowest BCUT2D eigenvalue weighted by Crippen LogP contribution is -2.31. The van der Waals surface area contributed by atoms with Gasteiger partial charge in [0.05, 0.1) is 27.2 Å². The molecule has 0 saturated heterocycles. The second-order valence-electron chi connectivity index (χ2n) is 6.40. The molecular weight excluding hydrogens is 395 g/mol. The number of Topliss-reactive ketones (excluding diaryl/α,β-unsaturated/α-hetero) is 1. The molecule has 0 saturated carbocycles. The van der Waals surface area contributed by atoms with Gasteiger partial charge in [-0.3, -0.25) is 14.2 Å². The van der Waals surface area contributed by atoms with Gasteiger partial charge in [0.15, 0.2) is 11.5 Å². The van der Waals surface area contributed by atoms with Crippen LogP contribution in [0.25, 0.3) is 0 Å². The molecule has 0 radical (unpaired) electrons. The molecular formula is C19H20F3NO6. The van der Waals surface area contributed by atoms with Gasteiger partial charge in [-0.15, -0.1) is 0 Å². The Kier molecular flexibility index (Phi) is 6.45. The first-order valence-electron chi connectivity index (χ1n) is 8.46. The summed E-state index contributed by atoms with van der Waals surface area (Å²) in [5.74, 6) is -4.61. The number of carbonyl (C=O) groups is 1. The molecule has 1 atom stereocenters. The van der Waals surface area contributed by atoms with Gasteiger partial charge in [-0.05, 0) is 17.7 Å². The maximum absolute atomic E-state index is 12.8. The summed E-state index contributed by atoms with van der Waals surface area (Å²) >= 11 is 0. The smallest absolute Gasteiger partial charge is 0.389 e. The van der Waals surface area contributed by atoms with E-state index in [0.717, 1.165) is 18.6 Å². The van der Waals surface area contributed by atoms with Crippen molar-refractivity contribution in [3.05, 3.63) is 45.7 Å². The lowest BCUT2D eigenvalue weighted by Gasteiger charge is -2.18. The van der Waals surface area contributed by atoms with E-state index in [1.54, 1.807) is 24.3 Å². The Balaban J connectivity index is 2.56. The van der Waals surface area contributed by atoms with Gasteiger partial charge in [0.1, 0.15) is 11.3 Å². The number of halogens is 3. The van der Waals surface area contributed by atoms with Crippen LogP contribution in [0.1, 0.15) is 29.3 Å². The molecule has 2 aromatic rings. The highest BCUT2D eigenvalue weighted by Gasteiger charge is 2.36. The number of benzene rings is 1. The molecule has 0 amide bonds. The van der Waals surface area contributed by atoms with E-state index in [0.29, 0.717) is 11.3 Å². The van der Waals surface area contributed by atoms with Gasteiger partial charge >= 0.3 is 6.18 Å². The van der Waals surface area contributed by atoms with Crippen LogP contribution < -0.4 is 15.0 Å². The minimum absolute atomic E-state index is 0.223. The average molecular weight is 415 g/mol. The van der Waals surface area contributed by atoms with Gasteiger partial charge < -0.3 is 19.7 Å². The Morgan fingerprint density at radius 3 is 2.21 bits per heavy atom. The van der Waals surface area contributed by atoms with Crippen LogP contribution in [0, 0.1) is 5.92 Å². The fourth-order valence-electron chi connectivity index (χ4n) is 2.83. The first-order chi connectivity index (χ1) is 13.5. The summed E-state index contributed by atoms with van der Waals surface area (Å²) < 4.78 is 48.6. The summed E-state index contributed by atoms with van der Waals surface area (Å²) in [6, 6.07) is 6.40. The molecule has 0 aliphatic heterocycles. The highest BCUT2D eigenvalue weighted by Crippen LogP contribution is 2.38. The topological polar surface area (TPSA) is 98.0 Å². The first kappa shape index (κ1) is 22.1. The van der Waals surface area contributed by atoms with E-state index in [9.17, 15) is 33.0 Å². The maximum atomic E-state index is 12.8. The number of methoxy groups -OCH3 is 2. The predicted molar refractivity (Wildman–Crippen MR) is 96.8 cm³/mol. The number of aromatic nitrogens is 1. The van der Waals surface area contributed by atoms with Crippen molar-refractivity contribution >= 4 is 5.78 Å². The van der Waals surface area contributed by atoms with Gasteiger partial charge in [0.2, 0.25) is 11.6 Å². The predicted octanol–water partition coefficient (Wildman–Crippen LogP) is 3.10. The van der Waals surface area contributed by atoms with Crippen LogP contribution in [-0.4, -0.2) is 41.0 Å². The third-order valence-electron chi connectivity index (χ3n) is 4.31. The van der Waals surface area contributed by atoms with Crippen LogP contribution in [0.5, 0.6) is 23.1 Å². The van der Waals surface area contributed by atoms with Crippen LogP contribution in [0.15, 0.2) is 29.1 Å². The Morgan fingerprint density at radius 1 is 1.14 bits per heavy atom. The number of carbonyl (C=O) groups excluding carboxylic acids is 1. The summed E-state index contributed by atoms with van der Waals surface area (Å²) in [7, 11) is 2.54. The van der Waals surface area contributed by atoms with Gasteiger partial charge in [-0.1, -0.05) is 19.1 Å². The normalized spacial score (nSPS) is 12.5. The second-order valence-corrected chi connectivity index (χ2v) is 6.40. The minimum atomic E-state index is -4.63. The van der Waals surface area contributed by atoms with Crippen molar-refractivity contribution in [2.75, 3.05) is 14.2 Å². The molecule has 1 heterocycles. The van der Waals surface area contributed by atoms with Crippen molar-refractivity contribution in [2.45, 2.75) is 26.1 Å². The van der Waals surface area contributed by atoms with Crippen molar-refractivity contribution in [3.8, 4) is 23.1 Å². The van der Waals surface area contributed by atoms with Crippen LogP contribution >= 0.6 is 0 Å². The Morgan fingerprint density at radius 2 is 1.72 bits per heavy atom. The molecule has 0 spiro atoms. The summed E-state index contributed by atoms with van der Waals surface area (Å²) in [6.07, 6.45) is -6.10. The van der Waals surface area contributed by atoms with E-state index in [1.807, 2.05) is 0 Å². The van der Waals surface area contributed by atoms with Gasteiger partial charge in [0.25, 0.3) is 5.56 Å². The zero-order valence-corrected chi connectivity index (χ0v) is 15.9.